The van der Waals surface area contributed by atoms with Gasteiger partial charge in [0.2, 0.25) is 11.8 Å². The van der Waals surface area contributed by atoms with Gasteiger partial charge in [0, 0.05) is 51.2 Å². The maximum Gasteiger partial charge on any atom is 0.262 e. The largest absolute Gasteiger partial charge is 0.314 e. The number of fused-ring (bicyclic) bond motifs is 1. The molecule has 0 bridgehead atoms. The van der Waals surface area contributed by atoms with Crippen LogP contribution in [0.1, 0.15) is 52.0 Å². The third kappa shape index (κ3) is 3.77. The third-order valence-electron chi connectivity index (χ3n) is 6.90. The monoisotopic (exact) mass is 425 g/mol. The highest BCUT2D eigenvalue weighted by Gasteiger charge is 2.44. The summed E-state index contributed by atoms with van der Waals surface area (Å²) in [6, 6.07) is 5.49. The van der Waals surface area contributed by atoms with Crippen LogP contribution in [-0.2, 0) is 16.1 Å². The predicted octanol–water partition coefficient (Wildman–Crippen LogP) is -0.386. The minimum Gasteiger partial charge on any atom is -0.314 e. The minimum atomic E-state index is -0.928. The van der Waals surface area contributed by atoms with Gasteiger partial charge >= 0.3 is 0 Å². The second-order valence-electron chi connectivity index (χ2n) is 8.83. The molecule has 0 saturated carbocycles. The van der Waals surface area contributed by atoms with Crippen molar-refractivity contribution in [1.29, 1.82) is 0 Å². The average Bonchev–Trinajstić information content (AvgIpc) is 2.96. The fraction of sp³-hybridized carbons (Fsp3) is 0.545. The lowest BCUT2D eigenvalue weighted by atomic mass is 10.00. The van der Waals surface area contributed by atoms with Crippen LogP contribution in [0.15, 0.2) is 18.2 Å². The number of nitrogens with one attached hydrogen (secondary N) is 3. The number of carbonyl (C=O) groups excluding carboxylic acids is 4. The Bertz CT molecular complexity index is 936. The van der Waals surface area contributed by atoms with Crippen molar-refractivity contribution >= 4 is 23.6 Å². The van der Waals surface area contributed by atoms with Crippen LogP contribution in [0.3, 0.4) is 0 Å². The summed E-state index contributed by atoms with van der Waals surface area (Å²) in [5.74, 6) is -1.89. The van der Waals surface area contributed by atoms with E-state index >= 15 is 0 Å². The van der Waals surface area contributed by atoms with Gasteiger partial charge in [0.25, 0.3) is 11.8 Å². The number of nitrogens with zero attached hydrogens (tertiary/aromatic N) is 2. The van der Waals surface area contributed by atoms with Gasteiger partial charge in [0.15, 0.2) is 0 Å². The number of amides is 4. The predicted molar refractivity (Wildman–Crippen MR) is 111 cm³/mol. The van der Waals surface area contributed by atoms with Crippen molar-refractivity contribution in [2.45, 2.75) is 50.4 Å². The van der Waals surface area contributed by atoms with Crippen LogP contribution in [0.4, 0.5) is 0 Å². The molecule has 9 nitrogen and oxygen atoms in total. The van der Waals surface area contributed by atoms with Crippen LogP contribution in [0.2, 0.25) is 0 Å². The first-order valence-corrected chi connectivity index (χ1v) is 11.0. The second kappa shape index (κ2) is 8.14. The highest BCUT2D eigenvalue weighted by atomic mass is 16.2. The molecule has 0 spiro atoms. The number of rotatable bonds is 5. The van der Waals surface area contributed by atoms with Crippen molar-refractivity contribution in [2.24, 2.45) is 0 Å². The molecule has 0 aromatic heterocycles. The molecule has 3 fully saturated rings. The van der Waals surface area contributed by atoms with Crippen molar-refractivity contribution in [2.75, 3.05) is 26.2 Å². The first-order chi connectivity index (χ1) is 15.0. The highest BCUT2D eigenvalue weighted by molar-refractivity contribution is 6.23. The molecule has 5 rings (SSSR count). The van der Waals surface area contributed by atoms with E-state index in [1.54, 1.807) is 12.1 Å². The third-order valence-corrected chi connectivity index (χ3v) is 6.90. The fourth-order valence-corrected chi connectivity index (χ4v) is 4.89. The van der Waals surface area contributed by atoms with Crippen LogP contribution in [0.5, 0.6) is 0 Å². The first kappa shape index (κ1) is 20.3. The van der Waals surface area contributed by atoms with E-state index < -0.39 is 23.8 Å². The van der Waals surface area contributed by atoms with Gasteiger partial charge in [0.05, 0.1) is 11.1 Å². The average molecular weight is 425 g/mol. The lowest BCUT2D eigenvalue weighted by molar-refractivity contribution is -0.136. The van der Waals surface area contributed by atoms with E-state index in [1.807, 2.05) is 6.07 Å². The van der Waals surface area contributed by atoms with Crippen LogP contribution < -0.4 is 16.0 Å². The molecule has 9 heteroatoms. The van der Waals surface area contributed by atoms with E-state index in [4.69, 9.17) is 0 Å². The summed E-state index contributed by atoms with van der Waals surface area (Å²) in [4.78, 5) is 52.8. The van der Waals surface area contributed by atoms with Crippen LogP contribution in [-0.4, -0.2) is 77.7 Å². The zero-order chi connectivity index (χ0) is 21.5. The van der Waals surface area contributed by atoms with E-state index in [1.165, 1.54) is 0 Å². The van der Waals surface area contributed by atoms with Gasteiger partial charge in [-0.2, -0.15) is 0 Å². The summed E-state index contributed by atoms with van der Waals surface area (Å²) in [6.07, 6.45) is 2.49. The number of piperidine rings is 2. The summed E-state index contributed by atoms with van der Waals surface area (Å²) in [5.41, 5.74) is 1.60. The molecule has 4 amide bonds. The Hall–Kier alpha value is -2.62. The Balaban J connectivity index is 1.21. The molecule has 0 aliphatic carbocycles. The van der Waals surface area contributed by atoms with Gasteiger partial charge in [-0.05, 0) is 37.0 Å². The molecule has 0 radical (unpaired) electrons. The van der Waals surface area contributed by atoms with Crippen molar-refractivity contribution in [3.8, 4) is 0 Å². The van der Waals surface area contributed by atoms with Gasteiger partial charge in [-0.15, -0.1) is 0 Å². The molecule has 3 N–H and O–H groups in total. The topological polar surface area (TPSA) is 111 Å². The maximum atomic E-state index is 12.9. The Labute approximate surface area is 180 Å². The Morgan fingerprint density at radius 1 is 0.968 bits per heavy atom. The smallest absolute Gasteiger partial charge is 0.262 e. The van der Waals surface area contributed by atoms with E-state index in [0.717, 1.165) is 49.5 Å². The molecule has 1 aromatic carbocycles. The summed E-state index contributed by atoms with van der Waals surface area (Å²) < 4.78 is 0. The number of imide groups is 2. The highest BCUT2D eigenvalue weighted by Crippen LogP contribution is 2.28. The van der Waals surface area contributed by atoms with Crippen LogP contribution >= 0.6 is 0 Å². The molecular weight excluding hydrogens is 398 g/mol. The Morgan fingerprint density at radius 2 is 1.71 bits per heavy atom. The molecule has 31 heavy (non-hydrogen) atoms. The van der Waals surface area contributed by atoms with Crippen LogP contribution in [0.25, 0.3) is 0 Å². The summed E-state index contributed by atoms with van der Waals surface area (Å²) in [5, 5.41) is 9.12. The molecule has 4 heterocycles. The van der Waals surface area contributed by atoms with Gasteiger partial charge in [-0.3, -0.25) is 34.3 Å². The Morgan fingerprint density at radius 3 is 2.39 bits per heavy atom. The molecular formula is C22H27N5O4. The maximum absolute atomic E-state index is 12.9. The second-order valence-corrected chi connectivity index (χ2v) is 8.83. The van der Waals surface area contributed by atoms with Gasteiger partial charge in [-0.1, -0.05) is 6.07 Å². The van der Waals surface area contributed by atoms with E-state index in [0.29, 0.717) is 29.8 Å². The Kier molecular flexibility index (Phi) is 5.33. The van der Waals surface area contributed by atoms with E-state index in [-0.39, 0.29) is 18.7 Å². The summed E-state index contributed by atoms with van der Waals surface area (Å²) in [7, 11) is 0. The number of carbonyl (C=O) groups is 4. The SMILES string of the molecule is O=C1CCC(N2C(=O)c3ccc(CNC4CCN(C5CNC5)CC4)cc3C2=O)C(=O)N1. The minimum absolute atomic E-state index is 0.120. The van der Waals surface area contributed by atoms with E-state index in [2.05, 4.69) is 20.9 Å². The number of hydrogen-bond acceptors (Lipinski definition) is 7. The molecule has 1 atom stereocenters. The summed E-state index contributed by atoms with van der Waals surface area (Å²) >= 11 is 0. The van der Waals surface area contributed by atoms with Crippen molar-refractivity contribution < 1.29 is 19.2 Å². The molecule has 3 saturated heterocycles. The zero-order valence-electron chi connectivity index (χ0n) is 17.4. The zero-order valence-corrected chi connectivity index (χ0v) is 17.4. The van der Waals surface area contributed by atoms with Gasteiger partial charge in [0.1, 0.15) is 6.04 Å². The number of hydrogen-bond donors (Lipinski definition) is 3. The fourth-order valence-electron chi connectivity index (χ4n) is 4.89. The van der Waals surface area contributed by atoms with E-state index in [9.17, 15) is 19.2 Å². The van der Waals surface area contributed by atoms with Crippen LogP contribution in [0, 0.1) is 0 Å². The lowest BCUT2D eigenvalue weighted by Gasteiger charge is -2.42. The normalized spacial score (nSPS) is 25.5. The van der Waals surface area contributed by atoms with Crippen molar-refractivity contribution in [3.05, 3.63) is 34.9 Å². The lowest BCUT2D eigenvalue weighted by Crippen LogP contribution is -2.59. The number of benzene rings is 1. The van der Waals surface area contributed by atoms with Crippen molar-refractivity contribution in [1.82, 2.24) is 25.8 Å². The van der Waals surface area contributed by atoms with Gasteiger partial charge < -0.3 is 10.6 Å². The molecule has 1 aromatic rings. The molecule has 1 unspecified atom stereocenters. The van der Waals surface area contributed by atoms with Gasteiger partial charge in [-0.25, -0.2) is 0 Å². The summed E-state index contributed by atoms with van der Waals surface area (Å²) in [6.45, 7) is 5.01. The number of likely N-dealkylation sites (tertiary alicyclic amines) is 1. The molecule has 4 aliphatic heterocycles. The molecule has 4 aliphatic rings. The quantitative estimate of drug-likeness (QED) is 0.551. The first-order valence-electron chi connectivity index (χ1n) is 11.0. The standard InChI is InChI=1S/C22H27N5O4/c28-19-4-3-18(20(29)25-19)27-21(30)16-2-1-13(9-17(16)22(27)31)10-24-14-5-7-26(8-6-14)15-11-23-12-15/h1-2,9,14-15,18,23-24H,3-8,10-12H2,(H,25,28,29). The molecule has 164 valence electrons. The van der Waals surface area contributed by atoms with Crippen molar-refractivity contribution in [3.63, 3.8) is 0 Å².